The molecule has 0 heterocycles. The number of carbonyl (C=O) groups is 2. The third-order valence-electron chi connectivity index (χ3n) is 2.79. The largest absolute Gasteiger partial charge is 0.397 e. The summed E-state index contributed by atoms with van der Waals surface area (Å²) in [6.45, 7) is 3.33. The van der Waals surface area contributed by atoms with Crippen LogP contribution < -0.4 is 16.4 Å². The molecule has 0 aliphatic rings. The van der Waals surface area contributed by atoms with E-state index in [1.807, 2.05) is 0 Å². The lowest BCUT2D eigenvalue weighted by atomic mass is 10.1. The molecule has 0 saturated heterocycles. The summed E-state index contributed by atoms with van der Waals surface area (Å²) in [5.74, 6) is 3.90. The number of nitrogen functional groups attached to an aromatic ring is 1. The van der Waals surface area contributed by atoms with Crippen LogP contribution in [0.15, 0.2) is 18.2 Å². The zero-order valence-electron chi connectivity index (χ0n) is 11.9. The molecule has 5 heteroatoms. The van der Waals surface area contributed by atoms with Gasteiger partial charge in [-0.2, -0.15) is 0 Å². The van der Waals surface area contributed by atoms with Crippen molar-refractivity contribution in [3.63, 3.8) is 0 Å². The molecule has 4 N–H and O–H groups in total. The Labute approximate surface area is 124 Å². The number of carbonyl (C=O) groups excluding carboxylic acids is 2. The Balaban J connectivity index is 3.04. The first kappa shape index (κ1) is 16.1. The van der Waals surface area contributed by atoms with Crippen molar-refractivity contribution >= 4 is 17.5 Å². The van der Waals surface area contributed by atoms with E-state index >= 15 is 0 Å². The molecule has 0 aliphatic carbocycles. The van der Waals surface area contributed by atoms with Gasteiger partial charge >= 0.3 is 0 Å². The Kier molecular flexibility index (Phi) is 5.39. The maximum atomic E-state index is 12.0. The van der Waals surface area contributed by atoms with Gasteiger partial charge in [0.2, 0.25) is 0 Å². The zero-order valence-corrected chi connectivity index (χ0v) is 11.9. The highest BCUT2D eigenvalue weighted by Crippen LogP contribution is 2.18. The highest BCUT2D eigenvalue weighted by molar-refractivity contribution is 6.07. The number of nitrogens with two attached hydrogens (primary N) is 1. The smallest absolute Gasteiger partial charge is 0.254 e. The molecule has 1 aromatic carbocycles. The van der Waals surface area contributed by atoms with Crippen LogP contribution >= 0.6 is 0 Å². The molecule has 0 aromatic heterocycles. The summed E-state index contributed by atoms with van der Waals surface area (Å²) in [6, 6.07) is 3.75. The predicted octanol–water partition coefficient (Wildman–Crippen LogP) is 0.772. The minimum Gasteiger partial charge on any atom is -0.397 e. The first-order valence-electron chi connectivity index (χ1n) is 6.33. The maximum Gasteiger partial charge on any atom is 0.254 e. The van der Waals surface area contributed by atoms with Crippen molar-refractivity contribution in [2.24, 2.45) is 0 Å². The quantitative estimate of drug-likeness (QED) is 0.564. The molecule has 0 unspecified atom stereocenters. The number of para-hydroxylation sites is 1. The van der Waals surface area contributed by atoms with Crippen LogP contribution in [0.4, 0.5) is 5.69 Å². The van der Waals surface area contributed by atoms with Crippen LogP contribution in [0.3, 0.4) is 0 Å². The van der Waals surface area contributed by atoms with Gasteiger partial charge in [-0.3, -0.25) is 9.59 Å². The molecule has 2 amide bonds. The van der Waals surface area contributed by atoms with E-state index in [9.17, 15) is 9.59 Å². The van der Waals surface area contributed by atoms with Crippen molar-refractivity contribution < 1.29 is 9.59 Å². The number of hydrogen-bond acceptors (Lipinski definition) is 3. The summed E-state index contributed by atoms with van der Waals surface area (Å²) in [7, 11) is 0. The Bertz CT molecular complexity index is 586. The van der Waals surface area contributed by atoms with Crippen LogP contribution in [-0.2, 0) is 0 Å². The number of rotatable bonds is 4. The normalized spacial score (nSPS) is 12.4. The highest BCUT2D eigenvalue weighted by Gasteiger charge is 2.18. The van der Waals surface area contributed by atoms with Crippen LogP contribution in [0.5, 0.6) is 0 Å². The lowest BCUT2D eigenvalue weighted by Crippen LogP contribution is -2.34. The molecule has 0 spiro atoms. The molecule has 1 aromatic rings. The average Bonchev–Trinajstić information content (AvgIpc) is 2.46. The SMILES string of the molecule is C#C[C@H](C)NC(=O)c1cccc(C(=O)N[C@@H](C)C#C)c1N. The number of nitrogens with one attached hydrogen (secondary N) is 2. The Morgan fingerprint density at radius 2 is 1.43 bits per heavy atom. The summed E-state index contributed by atoms with van der Waals surface area (Å²) in [5, 5.41) is 5.17. The second-order valence-corrected chi connectivity index (χ2v) is 4.49. The molecule has 0 aliphatic heterocycles. The summed E-state index contributed by atoms with van der Waals surface area (Å²) in [6.07, 6.45) is 10.4. The van der Waals surface area contributed by atoms with Gasteiger partial charge < -0.3 is 16.4 Å². The highest BCUT2D eigenvalue weighted by atomic mass is 16.2. The van der Waals surface area contributed by atoms with Crippen molar-refractivity contribution in [2.45, 2.75) is 25.9 Å². The fourth-order valence-corrected chi connectivity index (χ4v) is 1.59. The lowest BCUT2D eigenvalue weighted by molar-refractivity contribution is 0.0947. The predicted molar refractivity (Wildman–Crippen MR) is 82.4 cm³/mol. The van der Waals surface area contributed by atoms with E-state index in [0.29, 0.717) is 0 Å². The topological polar surface area (TPSA) is 84.2 Å². The second kappa shape index (κ2) is 7.02. The van der Waals surface area contributed by atoms with E-state index in [1.165, 1.54) is 12.1 Å². The average molecular weight is 283 g/mol. The van der Waals surface area contributed by atoms with Gasteiger partial charge in [-0.25, -0.2) is 0 Å². The summed E-state index contributed by atoms with van der Waals surface area (Å²) in [5.41, 5.74) is 6.36. The van der Waals surface area contributed by atoms with E-state index in [4.69, 9.17) is 18.6 Å². The van der Waals surface area contributed by atoms with E-state index < -0.39 is 23.9 Å². The van der Waals surface area contributed by atoms with E-state index in [0.717, 1.165) is 0 Å². The number of amides is 2. The van der Waals surface area contributed by atoms with E-state index in [2.05, 4.69) is 22.5 Å². The number of hydrogen-bond donors (Lipinski definition) is 3. The van der Waals surface area contributed by atoms with Crippen LogP contribution in [0, 0.1) is 24.7 Å². The molecular weight excluding hydrogens is 266 g/mol. The summed E-state index contributed by atoms with van der Waals surface area (Å²) in [4.78, 5) is 24.1. The molecule has 0 radical (unpaired) electrons. The van der Waals surface area contributed by atoms with Crippen LogP contribution in [0.2, 0.25) is 0 Å². The summed E-state index contributed by atoms with van der Waals surface area (Å²) >= 11 is 0. The first-order chi connectivity index (χ1) is 9.90. The van der Waals surface area contributed by atoms with Crippen molar-refractivity contribution in [1.82, 2.24) is 10.6 Å². The minimum atomic E-state index is -0.434. The fourth-order valence-electron chi connectivity index (χ4n) is 1.59. The van der Waals surface area contributed by atoms with Gasteiger partial charge in [-0.15, -0.1) is 12.8 Å². The van der Waals surface area contributed by atoms with Crippen LogP contribution in [0.1, 0.15) is 34.6 Å². The molecule has 0 saturated carbocycles. The van der Waals surface area contributed by atoms with Gasteiger partial charge in [0.15, 0.2) is 0 Å². The van der Waals surface area contributed by atoms with E-state index in [1.54, 1.807) is 19.9 Å². The molecule has 21 heavy (non-hydrogen) atoms. The van der Waals surface area contributed by atoms with E-state index in [-0.39, 0.29) is 16.8 Å². The molecule has 108 valence electrons. The zero-order chi connectivity index (χ0) is 16.0. The van der Waals surface area contributed by atoms with Gasteiger partial charge in [0.1, 0.15) is 0 Å². The Morgan fingerprint density at radius 1 is 1.05 bits per heavy atom. The number of benzene rings is 1. The first-order valence-corrected chi connectivity index (χ1v) is 6.33. The maximum absolute atomic E-state index is 12.0. The molecule has 1 rings (SSSR count). The molecular formula is C16H17N3O2. The molecule has 2 atom stereocenters. The standard InChI is InChI=1S/C16H17N3O2/c1-5-10(3)18-15(20)12-8-7-9-13(14(12)17)16(21)19-11(4)6-2/h1-2,7-11H,17H2,3-4H3,(H,18,20)(H,19,21)/t10-,11-/m0/s1. The van der Waals surface area contributed by atoms with Crippen molar-refractivity contribution in [2.75, 3.05) is 5.73 Å². The monoisotopic (exact) mass is 283 g/mol. The molecule has 0 bridgehead atoms. The van der Waals surface area contributed by atoms with Gasteiger partial charge in [-0.05, 0) is 26.0 Å². The third-order valence-corrected chi connectivity index (χ3v) is 2.79. The Morgan fingerprint density at radius 3 is 1.76 bits per heavy atom. The van der Waals surface area contributed by atoms with Crippen molar-refractivity contribution in [1.29, 1.82) is 0 Å². The second-order valence-electron chi connectivity index (χ2n) is 4.49. The lowest BCUT2D eigenvalue weighted by Gasteiger charge is -2.13. The van der Waals surface area contributed by atoms with Crippen molar-refractivity contribution in [3.05, 3.63) is 29.3 Å². The van der Waals surface area contributed by atoms with Crippen LogP contribution in [-0.4, -0.2) is 23.9 Å². The number of anilines is 1. The Hall–Kier alpha value is -2.92. The van der Waals surface area contributed by atoms with Gasteiger partial charge in [0.05, 0.1) is 28.9 Å². The van der Waals surface area contributed by atoms with Crippen LogP contribution in [0.25, 0.3) is 0 Å². The van der Waals surface area contributed by atoms with Gasteiger partial charge in [0.25, 0.3) is 11.8 Å². The molecule has 0 fully saturated rings. The number of terminal acetylenes is 2. The third kappa shape index (κ3) is 4.02. The molecule has 5 nitrogen and oxygen atoms in total. The minimum absolute atomic E-state index is 0.0842. The van der Waals surface area contributed by atoms with Gasteiger partial charge in [0, 0.05) is 0 Å². The fraction of sp³-hybridized carbons (Fsp3) is 0.250. The van der Waals surface area contributed by atoms with Gasteiger partial charge in [-0.1, -0.05) is 17.9 Å². The van der Waals surface area contributed by atoms with Crippen molar-refractivity contribution in [3.8, 4) is 24.7 Å². The summed E-state index contributed by atoms with van der Waals surface area (Å²) < 4.78 is 0.